The number of carbonyl (C=O) groups is 1. The Kier molecular flexibility index (Phi) is 5.16. The molecule has 0 aliphatic carbocycles. The Hall–Kier alpha value is -2.24. The molecule has 4 nitrogen and oxygen atoms in total. The highest BCUT2D eigenvalue weighted by Crippen LogP contribution is 2.22. The topological polar surface area (TPSA) is 38.1 Å². The number of aromatic nitrogens is 2. The fourth-order valence-electron chi connectivity index (χ4n) is 3.53. The van der Waals surface area contributed by atoms with Gasteiger partial charge in [0.15, 0.2) is 0 Å². The fourth-order valence-corrected chi connectivity index (χ4v) is 3.53. The van der Waals surface area contributed by atoms with E-state index in [-0.39, 0.29) is 30.4 Å². The normalized spacial score (nSPS) is 17.3. The van der Waals surface area contributed by atoms with Gasteiger partial charge in [-0.15, -0.1) is 0 Å². The van der Waals surface area contributed by atoms with Crippen LogP contribution in [0.1, 0.15) is 36.2 Å². The van der Waals surface area contributed by atoms with Crippen LogP contribution < -0.4 is 0 Å². The van der Waals surface area contributed by atoms with Crippen LogP contribution in [0, 0.1) is 25.5 Å². The maximum Gasteiger partial charge on any atom is 0.223 e. The summed E-state index contributed by atoms with van der Waals surface area (Å²) in [5.74, 6) is -0.949. The third-order valence-electron chi connectivity index (χ3n) is 4.80. The van der Waals surface area contributed by atoms with Gasteiger partial charge in [0.05, 0.1) is 18.3 Å². The molecule has 0 spiro atoms. The van der Waals surface area contributed by atoms with Crippen LogP contribution in [0.15, 0.2) is 24.3 Å². The smallest absolute Gasteiger partial charge is 0.223 e. The van der Waals surface area contributed by atoms with Gasteiger partial charge in [-0.05, 0) is 62.9 Å². The van der Waals surface area contributed by atoms with Crippen molar-refractivity contribution in [3.05, 3.63) is 52.9 Å². The molecule has 25 heavy (non-hydrogen) atoms. The number of aryl methyl sites for hydroxylation is 3. The number of rotatable bonds is 5. The standard InChI is InChI=1S/C19H23F2N3O/c1-13-10-14(2)24(22-13)12-17-4-3-9-23(17)19(25)8-5-15-11-16(20)6-7-18(15)21/h6-7,10-11,17H,3-5,8-9,12H2,1-2H3. The number of carbonyl (C=O) groups excluding carboxylic acids is 1. The lowest BCUT2D eigenvalue weighted by Gasteiger charge is -2.25. The number of hydrogen-bond donors (Lipinski definition) is 0. The molecule has 1 amide bonds. The Labute approximate surface area is 146 Å². The van der Waals surface area contributed by atoms with Gasteiger partial charge < -0.3 is 4.90 Å². The molecule has 2 aromatic rings. The third-order valence-corrected chi connectivity index (χ3v) is 4.80. The van der Waals surface area contributed by atoms with E-state index < -0.39 is 11.6 Å². The lowest BCUT2D eigenvalue weighted by atomic mass is 10.1. The molecule has 1 aromatic heterocycles. The molecule has 0 saturated carbocycles. The van der Waals surface area contributed by atoms with Crippen LogP contribution in [-0.2, 0) is 17.8 Å². The summed E-state index contributed by atoms with van der Waals surface area (Å²) in [5, 5.41) is 4.47. The lowest BCUT2D eigenvalue weighted by Crippen LogP contribution is -2.38. The molecule has 1 unspecified atom stereocenters. The van der Waals surface area contributed by atoms with Crippen LogP contribution in [0.25, 0.3) is 0 Å². The van der Waals surface area contributed by atoms with Gasteiger partial charge in [0.2, 0.25) is 5.91 Å². The zero-order valence-electron chi connectivity index (χ0n) is 14.6. The highest BCUT2D eigenvalue weighted by atomic mass is 19.1. The summed E-state index contributed by atoms with van der Waals surface area (Å²) in [4.78, 5) is 14.5. The molecular weight excluding hydrogens is 324 g/mol. The summed E-state index contributed by atoms with van der Waals surface area (Å²) < 4.78 is 28.9. The van der Waals surface area contributed by atoms with Crippen molar-refractivity contribution in [1.82, 2.24) is 14.7 Å². The van der Waals surface area contributed by atoms with Crippen LogP contribution in [-0.4, -0.2) is 33.2 Å². The van der Waals surface area contributed by atoms with Gasteiger partial charge in [-0.2, -0.15) is 5.10 Å². The molecule has 1 aromatic carbocycles. The Morgan fingerprint density at radius 3 is 2.80 bits per heavy atom. The van der Waals surface area contributed by atoms with E-state index in [9.17, 15) is 13.6 Å². The molecule has 0 N–H and O–H groups in total. The Morgan fingerprint density at radius 1 is 1.28 bits per heavy atom. The van der Waals surface area contributed by atoms with Crippen LogP contribution in [0.3, 0.4) is 0 Å². The van der Waals surface area contributed by atoms with E-state index in [1.165, 1.54) is 6.07 Å². The van der Waals surface area contributed by atoms with Gasteiger partial charge in [-0.25, -0.2) is 8.78 Å². The van der Waals surface area contributed by atoms with E-state index in [1.54, 1.807) is 0 Å². The fraction of sp³-hybridized carbons (Fsp3) is 0.474. The van der Waals surface area contributed by atoms with E-state index in [2.05, 4.69) is 5.10 Å². The third kappa shape index (κ3) is 4.06. The predicted molar refractivity (Wildman–Crippen MR) is 91.1 cm³/mol. The minimum Gasteiger partial charge on any atom is -0.338 e. The number of likely N-dealkylation sites (tertiary alicyclic amines) is 1. The molecule has 134 valence electrons. The van der Waals surface area contributed by atoms with Crippen molar-refractivity contribution in [2.75, 3.05) is 6.54 Å². The first kappa shape index (κ1) is 17.6. The zero-order chi connectivity index (χ0) is 18.0. The molecule has 2 heterocycles. The quantitative estimate of drug-likeness (QED) is 0.831. The Balaban J connectivity index is 1.62. The molecule has 1 aliphatic rings. The van der Waals surface area contributed by atoms with Crippen molar-refractivity contribution in [1.29, 1.82) is 0 Å². The van der Waals surface area contributed by atoms with Crippen molar-refractivity contribution in [3.8, 4) is 0 Å². The minimum absolute atomic E-state index is 0.00677. The molecule has 1 saturated heterocycles. The number of benzene rings is 1. The molecule has 1 aliphatic heterocycles. The molecule has 1 atom stereocenters. The van der Waals surface area contributed by atoms with Crippen LogP contribution in [0.2, 0.25) is 0 Å². The van der Waals surface area contributed by atoms with Crippen molar-refractivity contribution >= 4 is 5.91 Å². The Morgan fingerprint density at radius 2 is 2.08 bits per heavy atom. The van der Waals surface area contributed by atoms with Crippen LogP contribution >= 0.6 is 0 Å². The van der Waals surface area contributed by atoms with Crippen molar-refractivity contribution in [2.24, 2.45) is 0 Å². The largest absolute Gasteiger partial charge is 0.338 e. The van der Waals surface area contributed by atoms with Gasteiger partial charge in [0.25, 0.3) is 0 Å². The van der Waals surface area contributed by atoms with E-state index in [4.69, 9.17) is 0 Å². The second kappa shape index (κ2) is 7.33. The van der Waals surface area contributed by atoms with Crippen molar-refractivity contribution in [3.63, 3.8) is 0 Å². The van der Waals surface area contributed by atoms with Gasteiger partial charge >= 0.3 is 0 Å². The predicted octanol–water partition coefficient (Wildman–Crippen LogP) is 3.40. The van der Waals surface area contributed by atoms with Crippen LogP contribution in [0.4, 0.5) is 8.78 Å². The van der Waals surface area contributed by atoms with E-state index in [0.717, 1.165) is 36.4 Å². The molecule has 0 radical (unpaired) electrons. The molecule has 3 rings (SSSR count). The first-order valence-electron chi connectivity index (χ1n) is 8.68. The maximum absolute atomic E-state index is 13.7. The number of amides is 1. The zero-order valence-corrected chi connectivity index (χ0v) is 14.6. The summed E-state index contributed by atoms with van der Waals surface area (Å²) >= 11 is 0. The first-order valence-corrected chi connectivity index (χ1v) is 8.68. The maximum atomic E-state index is 13.7. The van der Waals surface area contributed by atoms with E-state index in [0.29, 0.717) is 13.1 Å². The lowest BCUT2D eigenvalue weighted by molar-refractivity contribution is -0.132. The van der Waals surface area contributed by atoms with Gasteiger partial charge in [0, 0.05) is 18.7 Å². The summed E-state index contributed by atoms with van der Waals surface area (Å²) in [5.41, 5.74) is 2.30. The average Bonchev–Trinajstić information content (AvgIpc) is 3.15. The van der Waals surface area contributed by atoms with E-state index in [1.807, 2.05) is 29.5 Å². The number of nitrogens with zero attached hydrogens (tertiary/aromatic N) is 3. The average molecular weight is 347 g/mol. The van der Waals surface area contributed by atoms with Gasteiger partial charge in [0.1, 0.15) is 11.6 Å². The molecule has 6 heteroatoms. The highest BCUT2D eigenvalue weighted by Gasteiger charge is 2.29. The second-order valence-corrected chi connectivity index (χ2v) is 6.73. The highest BCUT2D eigenvalue weighted by molar-refractivity contribution is 5.77. The minimum atomic E-state index is -0.479. The summed E-state index contributed by atoms with van der Waals surface area (Å²) in [6.07, 6.45) is 2.31. The first-order chi connectivity index (χ1) is 11.9. The van der Waals surface area contributed by atoms with E-state index >= 15 is 0 Å². The number of hydrogen-bond acceptors (Lipinski definition) is 2. The summed E-state index contributed by atoms with van der Waals surface area (Å²) in [6, 6.07) is 5.50. The van der Waals surface area contributed by atoms with Crippen LogP contribution in [0.5, 0.6) is 0 Å². The van der Waals surface area contributed by atoms with Crippen molar-refractivity contribution < 1.29 is 13.6 Å². The summed E-state index contributed by atoms with van der Waals surface area (Å²) in [7, 11) is 0. The number of halogens is 2. The summed E-state index contributed by atoms with van der Waals surface area (Å²) in [6.45, 7) is 5.36. The molecule has 0 bridgehead atoms. The molecular formula is C19H23F2N3O. The molecule has 1 fully saturated rings. The SMILES string of the molecule is Cc1cc(C)n(CC2CCCN2C(=O)CCc2cc(F)ccc2F)n1. The monoisotopic (exact) mass is 347 g/mol. The van der Waals surface area contributed by atoms with Gasteiger partial charge in [-0.1, -0.05) is 0 Å². The van der Waals surface area contributed by atoms with Crippen molar-refractivity contribution in [2.45, 2.75) is 52.1 Å². The van der Waals surface area contributed by atoms with Gasteiger partial charge in [-0.3, -0.25) is 9.48 Å². The second-order valence-electron chi connectivity index (χ2n) is 6.73. The Bertz CT molecular complexity index is 772.